The van der Waals surface area contributed by atoms with Crippen molar-refractivity contribution in [3.8, 4) is 11.5 Å². The van der Waals surface area contributed by atoms with Crippen LogP contribution in [0.1, 0.15) is 40.3 Å². The highest BCUT2D eigenvalue weighted by Gasteiger charge is 2.53. The largest absolute Gasteiger partial charge is 0.497 e. The lowest BCUT2D eigenvalue weighted by Gasteiger charge is -2.32. The summed E-state index contributed by atoms with van der Waals surface area (Å²) in [5.74, 6) is 1.36. The lowest BCUT2D eigenvalue weighted by atomic mass is 9.80. The Hall–Kier alpha value is -4.83. The quantitative estimate of drug-likeness (QED) is 0.0648. The molecule has 0 bridgehead atoms. The molecule has 236 valence electrons. The summed E-state index contributed by atoms with van der Waals surface area (Å²) >= 11 is 3.51. The van der Waals surface area contributed by atoms with Gasteiger partial charge in [-0.2, -0.15) is 0 Å². The summed E-state index contributed by atoms with van der Waals surface area (Å²) in [7, 11) is 1.61. The van der Waals surface area contributed by atoms with Crippen LogP contribution in [-0.4, -0.2) is 42.8 Å². The number of halogens is 1. The molecule has 1 aliphatic rings. The lowest BCUT2D eigenvalue weighted by molar-refractivity contribution is -0.129. The second-order valence-corrected chi connectivity index (χ2v) is 11.6. The smallest absolute Gasteiger partial charge is 0.252 e. The molecule has 46 heavy (non-hydrogen) atoms. The summed E-state index contributed by atoms with van der Waals surface area (Å²) in [4.78, 5) is 22.6. The van der Waals surface area contributed by atoms with Crippen LogP contribution < -0.4 is 14.8 Å². The fraction of sp³-hybridized carbons (Fsp3) is 0.257. The van der Waals surface area contributed by atoms with Crippen molar-refractivity contribution >= 4 is 27.7 Å². The molecule has 2 atom stereocenters. The van der Waals surface area contributed by atoms with Gasteiger partial charge in [-0.3, -0.25) is 4.79 Å². The molecular formula is C35H34BrN5O5. The van der Waals surface area contributed by atoms with Crippen LogP contribution in [0.3, 0.4) is 0 Å². The Kier molecular flexibility index (Phi) is 10.9. The summed E-state index contributed by atoms with van der Waals surface area (Å²) in [6, 6.07) is 30.0. The molecule has 10 nitrogen and oxygen atoms in total. The monoisotopic (exact) mass is 683 g/mol. The van der Waals surface area contributed by atoms with Gasteiger partial charge in [0.05, 0.1) is 20.3 Å². The molecule has 0 saturated carbocycles. The number of ether oxygens (including phenoxy) is 3. The van der Waals surface area contributed by atoms with Crippen molar-refractivity contribution in [2.75, 3.05) is 20.3 Å². The minimum absolute atomic E-state index is 0.0479. The van der Waals surface area contributed by atoms with E-state index in [0.29, 0.717) is 35.8 Å². The minimum Gasteiger partial charge on any atom is -0.497 e. The topological polar surface area (TPSA) is 138 Å². The molecule has 11 heteroatoms. The van der Waals surface area contributed by atoms with Crippen LogP contribution in [0.25, 0.3) is 10.4 Å². The standard InChI is InChI=1S/C35H34BrN5O5/c1-44-29-15-9-25(10-16-29)22-38-34(43)35(21-24-7-13-28(36)14-8-24)32(31-6-3-2-5-27(31)23-39-41-37)46-33(40-35)26-11-17-30(18-12-26)45-20-4-19-42/h2-3,5-18,32,42H,4,19-23H2,1H3,(H,38,43)/t32-,35-/m1/s1. The zero-order valence-electron chi connectivity index (χ0n) is 25.3. The maximum Gasteiger partial charge on any atom is 0.252 e. The Balaban J connectivity index is 1.58. The van der Waals surface area contributed by atoms with E-state index in [1.54, 1.807) is 7.11 Å². The Bertz CT molecular complexity index is 1710. The SMILES string of the molecule is COc1ccc(CNC(=O)[C@]2(Cc3ccc(Br)cc3)N=C(c3ccc(OCCCO)cc3)O[C@@H]2c2ccccc2CN=[N+]=[N-])cc1. The van der Waals surface area contributed by atoms with E-state index in [0.717, 1.165) is 26.9 Å². The molecular weight excluding hydrogens is 650 g/mol. The number of methoxy groups -OCH3 is 1. The summed E-state index contributed by atoms with van der Waals surface area (Å²) < 4.78 is 18.6. The molecule has 0 unspecified atom stereocenters. The van der Waals surface area contributed by atoms with Crippen LogP contribution in [0.2, 0.25) is 0 Å². The molecule has 0 saturated heterocycles. The van der Waals surface area contributed by atoms with Crippen molar-refractivity contribution < 1.29 is 24.1 Å². The number of hydrogen-bond acceptors (Lipinski definition) is 7. The second-order valence-electron chi connectivity index (χ2n) is 10.7. The van der Waals surface area contributed by atoms with E-state index in [9.17, 15) is 4.79 Å². The van der Waals surface area contributed by atoms with Crippen LogP contribution in [0, 0.1) is 0 Å². The zero-order chi connectivity index (χ0) is 32.4. The van der Waals surface area contributed by atoms with Crippen molar-refractivity contribution in [2.45, 2.75) is 37.6 Å². The van der Waals surface area contributed by atoms with Gasteiger partial charge in [0.2, 0.25) is 5.90 Å². The normalized spacial score (nSPS) is 16.9. The van der Waals surface area contributed by atoms with Gasteiger partial charge in [0.25, 0.3) is 5.91 Å². The highest BCUT2D eigenvalue weighted by molar-refractivity contribution is 9.10. The van der Waals surface area contributed by atoms with Crippen LogP contribution in [0.15, 0.2) is 112 Å². The molecule has 4 aromatic carbocycles. The molecule has 0 radical (unpaired) electrons. The number of carbonyl (C=O) groups is 1. The molecule has 1 amide bonds. The Morgan fingerprint density at radius 1 is 1.02 bits per heavy atom. The van der Waals surface area contributed by atoms with Gasteiger partial charge < -0.3 is 24.6 Å². The van der Waals surface area contributed by atoms with Gasteiger partial charge in [0.1, 0.15) is 11.5 Å². The van der Waals surface area contributed by atoms with Crippen LogP contribution in [-0.2, 0) is 29.0 Å². The number of nitrogens with one attached hydrogen (secondary N) is 1. The van der Waals surface area contributed by atoms with Crippen molar-refractivity contribution in [1.29, 1.82) is 0 Å². The number of carbonyl (C=O) groups excluding carboxylic acids is 1. The molecule has 1 aliphatic heterocycles. The number of benzene rings is 4. The highest BCUT2D eigenvalue weighted by atomic mass is 79.9. The second kappa shape index (κ2) is 15.4. The number of azide groups is 1. The molecule has 1 heterocycles. The molecule has 0 aromatic heterocycles. The van der Waals surface area contributed by atoms with Crippen molar-refractivity contribution in [2.24, 2.45) is 10.1 Å². The van der Waals surface area contributed by atoms with Gasteiger partial charge in [-0.1, -0.05) is 69.6 Å². The first kappa shape index (κ1) is 32.6. The molecule has 5 rings (SSSR count). The van der Waals surface area contributed by atoms with Crippen molar-refractivity contribution in [3.05, 3.63) is 140 Å². The zero-order valence-corrected chi connectivity index (χ0v) is 26.9. The number of aliphatic imine (C=N–C) groups is 1. The van der Waals surface area contributed by atoms with Crippen LogP contribution in [0.4, 0.5) is 0 Å². The summed E-state index contributed by atoms with van der Waals surface area (Å²) in [5, 5.41) is 16.0. The highest BCUT2D eigenvalue weighted by Crippen LogP contribution is 2.44. The fourth-order valence-corrected chi connectivity index (χ4v) is 5.56. The summed E-state index contributed by atoms with van der Waals surface area (Å²) in [6.07, 6.45) is -0.0765. The lowest BCUT2D eigenvalue weighted by Crippen LogP contribution is -2.49. The number of aliphatic hydroxyl groups is 1. The van der Waals surface area contributed by atoms with Crippen LogP contribution >= 0.6 is 15.9 Å². The molecule has 0 aliphatic carbocycles. The number of amides is 1. The van der Waals surface area contributed by atoms with Crippen LogP contribution in [0.5, 0.6) is 11.5 Å². The van der Waals surface area contributed by atoms with E-state index in [-0.39, 0.29) is 32.0 Å². The first-order valence-corrected chi connectivity index (χ1v) is 15.6. The van der Waals surface area contributed by atoms with Gasteiger partial charge in [0, 0.05) is 40.9 Å². The van der Waals surface area contributed by atoms with E-state index in [1.807, 2.05) is 97.1 Å². The van der Waals surface area contributed by atoms with E-state index in [4.69, 9.17) is 29.8 Å². The van der Waals surface area contributed by atoms with Gasteiger partial charge in [0.15, 0.2) is 11.6 Å². The van der Waals surface area contributed by atoms with Gasteiger partial charge in [-0.05, 0) is 76.3 Å². The number of rotatable bonds is 14. The van der Waals surface area contributed by atoms with Crippen molar-refractivity contribution in [3.63, 3.8) is 0 Å². The van der Waals surface area contributed by atoms with Crippen molar-refractivity contribution in [1.82, 2.24) is 5.32 Å². The minimum atomic E-state index is -1.42. The third-order valence-corrected chi connectivity index (χ3v) is 8.20. The molecule has 4 aromatic rings. The summed E-state index contributed by atoms with van der Waals surface area (Å²) in [5.41, 5.74) is 11.6. The predicted octanol–water partition coefficient (Wildman–Crippen LogP) is 6.85. The molecule has 2 N–H and O–H groups in total. The average Bonchev–Trinajstić information content (AvgIpc) is 3.48. The first-order chi connectivity index (χ1) is 22.5. The van der Waals surface area contributed by atoms with Gasteiger partial charge in [-0.25, -0.2) is 4.99 Å². The van der Waals surface area contributed by atoms with E-state index < -0.39 is 11.6 Å². The van der Waals surface area contributed by atoms with Gasteiger partial charge >= 0.3 is 0 Å². The van der Waals surface area contributed by atoms with Gasteiger partial charge in [-0.15, -0.1) is 0 Å². The maximum absolute atomic E-state index is 14.6. The third-order valence-electron chi connectivity index (χ3n) is 7.67. The predicted molar refractivity (Wildman–Crippen MR) is 179 cm³/mol. The number of nitrogens with zero attached hydrogens (tertiary/aromatic N) is 4. The molecule has 0 spiro atoms. The third kappa shape index (κ3) is 7.69. The number of aliphatic hydroxyl groups excluding tert-OH is 1. The van der Waals surface area contributed by atoms with E-state index in [1.165, 1.54) is 0 Å². The Labute approximate surface area is 275 Å². The first-order valence-electron chi connectivity index (χ1n) is 14.8. The molecule has 0 fully saturated rings. The Morgan fingerprint density at radius 2 is 1.72 bits per heavy atom. The summed E-state index contributed by atoms with van der Waals surface area (Å²) in [6.45, 7) is 0.792. The number of hydrogen-bond donors (Lipinski definition) is 2. The maximum atomic E-state index is 14.6. The Morgan fingerprint density at radius 3 is 2.41 bits per heavy atom. The van der Waals surface area contributed by atoms with E-state index >= 15 is 0 Å². The van der Waals surface area contributed by atoms with E-state index in [2.05, 4.69) is 31.3 Å². The fourth-order valence-electron chi connectivity index (χ4n) is 5.29. The average molecular weight is 685 g/mol.